The molecule has 2 heterocycles. The summed E-state index contributed by atoms with van der Waals surface area (Å²) in [6, 6.07) is 2.54. The number of nitrogens with one attached hydrogen (secondary N) is 1. The van der Waals surface area contributed by atoms with E-state index >= 15 is 0 Å². The van der Waals surface area contributed by atoms with E-state index in [2.05, 4.69) is 20.2 Å². The van der Waals surface area contributed by atoms with Gasteiger partial charge in [0.15, 0.2) is 0 Å². The van der Waals surface area contributed by atoms with Crippen molar-refractivity contribution in [1.82, 2.24) is 15.3 Å². The first kappa shape index (κ1) is 13.6. The molecule has 2 fully saturated rings. The van der Waals surface area contributed by atoms with Crippen LogP contribution in [0.3, 0.4) is 0 Å². The van der Waals surface area contributed by atoms with Crippen LogP contribution in [0.15, 0.2) is 6.07 Å². The van der Waals surface area contributed by atoms with Crippen molar-refractivity contribution in [2.45, 2.75) is 44.4 Å². The second-order valence-corrected chi connectivity index (χ2v) is 5.66. The lowest BCUT2D eigenvalue weighted by atomic mass is 9.96. The summed E-state index contributed by atoms with van der Waals surface area (Å²) >= 11 is 0. The molecule has 1 aliphatic carbocycles. The molecule has 1 aromatic heterocycles. The van der Waals surface area contributed by atoms with E-state index in [0.29, 0.717) is 24.7 Å². The summed E-state index contributed by atoms with van der Waals surface area (Å²) in [6.07, 6.45) is 5.16. The topological polar surface area (TPSA) is 76.3 Å². The molecule has 110 valence electrons. The lowest BCUT2D eigenvalue weighted by Crippen LogP contribution is -2.30. The quantitative estimate of drug-likeness (QED) is 0.833. The van der Waals surface area contributed by atoms with E-state index in [1.807, 2.05) is 13.1 Å². The van der Waals surface area contributed by atoms with Gasteiger partial charge in [0.25, 0.3) is 0 Å². The summed E-state index contributed by atoms with van der Waals surface area (Å²) in [7, 11) is 2.00. The monoisotopic (exact) mass is 277 g/mol. The Morgan fingerprint density at radius 1 is 1.40 bits per heavy atom. The standard InChI is InChI=1S/C14H23N5O/c1-16-10-5-6-19(8-10)13-7-11(17-14(15)18-13)9-20-12-3-2-4-12/h7,10,12,16H,2-6,8-9H2,1H3,(H2,15,17,18)/t10-/m1/s1. The summed E-state index contributed by atoms with van der Waals surface area (Å²) in [5, 5.41) is 3.31. The average Bonchev–Trinajstić information content (AvgIpc) is 2.85. The first-order valence-electron chi connectivity index (χ1n) is 7.42. The van der Waals surface area contributed by atoms with Gasteiger partial charge in [-0.25, -0.2) is 4.98 Å². The highest BCUT2D eigenvalue weighted by molar-refractivity contribution is 5.44. The van der Waals surface area contributed by atoms with E-state index in [9.17, 15) is 0 Å². The predicted octanol–water partition coefficient (Wildman–Crippen LogP) is 0.926. The molecule has 3 N–H and O–H groups in total. The maximum Gasteiger partial charge on any atom is 0.222 e. The van der Waals surface area contributed by atoms with Gasteiger partial charge >= 0.3 is 0 Å². The lowest BCUT2D eigenvalue weighted by molar-refractivity contribution is -0.0101. The van der Waals surface area contributed by atoms with Crippen LogP contribution in [0.4, 0.5) is 11.8 Å². The smallest absolute Gasteiger partial charge is 0.222 e. The van der Waals surface area contributed by atoms with Crippen molar-refractivity contribution < 1.29 is 4.74 Å². The van der Waals surface area contributed by atoms with E-state index in [4.69, 9.17) is 10.5 Å². The second-order valence-electron chi connectivity index (χ2n) is 5.66. The van der Waals surface area contributed by atoms with Gasteiger partial charge in [-0.15, -0.1) is 0 Å². The van der Waals surface area contributed by atoms with Gasteiger partial charge in [0.1, 0.15) is 5.82 Å². The fraction of sp³-hybridized carbons (Fsp3) is 0.714. The summed E-state index contributed by atoms with van der Waals surface area (Å²) in [6.45, 7) is 2.51. The number of nitrogens with two attached hydrogens (primary N) is 1. The van der Waals surface area contributed by atoms with Crippen LogP contribution in [-0.2, 0) is 11.3 Å². The summed E-state index contributed by atoms with van der Waals surface area (Å²) in [5.74, 6) is 1.25. The van der Waals surface area contributed by atoms with Crippen molar-refractivity contribution in [2.75, 3.05) is 30.8 Å². The minimum absolute atomic E-state index is 0.336. The number of anilines is 2. The van der Waals surface area contributed by atoms with E-state index < -0.39 is 0 Å². The zero-order chi connectivity index (χ0) is 13.9. The van der Waals surface area contributed by atoms with Crippen LogP contribution in [-0.4, -0.2) is 42.3 Å². The lowest BCUT2D eigenvalue weighted by Gasteiger charge is -2.25. The Labute approximate surface area is 119 Å². The van der Waals surface area contributed by atoms with Crippen molar-refractivity contribution in [3.8, 4) is 0 Å². The molecule has 20 heavy (non-hydrogen) atoms. The molecule has 0 radical (unpaired) electrons. The Morgan fingerprint density at radius 2 is 2.25 bits per heavy atom. The number of nitrogens with zero attached hydrogens (tertiary/aromatic N) is 3. The van der Waals surface area contributed by atoms with E-state index in [1.54, 1.807) is 0 Å². The third-order valence-corrected chi connectivity index (χ3v) is 4.22. The number of likely N-dealkylation sites (N-methyl/N-ethyl adjacent to an activating group) is 1. The molecule has 0 aromatic carbocycles. The van der Waals surface area contributed by atoms with E-state index in [1.165, 1.54) is 19.3 Å². The van der Waals surface area contributed by atoms with E-state index in [0.717, 1.165) is 31.0 Å². The first-order valence-corrected chi connectivity index (χ1v) is 7.42. The van der Waals surface area contributed by atoms with Gasteiger partial charge in [0.05, 0.1) is 18.4 Å². The molecule has 1 atom stereocenters. The predicted molar refractivity (Wildman–Crippen MR) is 78.6 cm³/mol. The van der Waals surface area contributed by atoms with Gasteiger partial charge in [-0.05, 0) is 32.7 Å². The van der Waals surface area contributed by atoms with Gasteiger partial charge in [0, 0.05) is 25.2 Å². The van der Waals surface area contributed by atoms with Crippen LogP contribution in [0.2, 0.25) is 0 Å². The Balaban J connectivity index is 1.66. The number of rotatable bonds is 5. The van der Waals surface area contributed by atoms with Crippen LogP contribution < -0.4 is 16.0 Å². The zero-order valence-corrected chi connectivity index (χ0v) is 12.0. The normalized spacial score (nSPS) is 23.1. The Morgan fingerprint density at radius 3 is 2.90 bits per heavy atom. The second kappa shape index (κ2) is 5.93. The fourth-order valence-corrected chi connectivity index (χ4v) is 2.68. The SMILES string of the molecule is CN[C@@H]1CCN(c2cc(COC3CCC3)nc(N)n2)C1. The summed E-state index contributed by atoms with van der Waals surface area (Å²) < 4.78 is 5.80. The summed E-state index contributed by atoms with van der Waals surface area (Å²) in [5.41, 5.74) is 6.71. The third kappa shape index (κ3) is 3.02. The molecule has 1 aromatic rings. The molecule has 6 heteroatoms. The third-order valence-electron chi connectivity index (χ3n) is 4.22. The molecule has 2 aliphatic rings. The van der Waals surface area contributed by atoms with Crippen molar-refractivity contribution in [2.24, 2.45) is 0 Å². The largest absolute Gasteiger partial charge is 0.372 e. The van der Waals surface area contributed by atoms with Gasteiger partial charge in [-0.2, -0.15) is 4.98 Å². The maximum absolute atomic E-state index is 5.83. The highest BCUT2D eigenvalue weighted by atomic mass is 16.5. The number of aromatic nitrogens is 2. The molecule has 0 amide bonds. The van der Waals surface area contributed by atoms with Crippen molar-refractivity contribution in [3.63, 3.8) is 0 Å². The molecule has 0 bridgehead atoms. The number of ether oxygens (including phenoxy) is 1. The minimum atomic E-state index is 0.336. The summed E-state index contributed by atoms with van der Waals surface area (Å²) in [4.78, 5) is 10.9. The van der Waals surface area contributed by atoms with Crippen molar-refractivity contribution >= 4 is 11.8 Å². The molecule has 0 spiro atoms. The Hall–Kier alpha value is -1.40. The first-order chi connectivity index (χ1) is 9.74. The molecule has 6 nitrogen and oxygen atoms in total. The zero-order valence-electron chi connectivity index (χ0n) is 12.0. The molecule has 3 rings (SSSR count). The molecule has 1 saturated heterocycles. The van der Waals surface area contributed by atoms with Gasteiger partial charge in [0.2, 0.25) is 5.95 Å². The molecular formula is C14H23N5O. The molecule has 1 saturated carbocycles. The molecule has 0 unspecified atom stereocenters. The number of nitrogen functional groups attached to an aromatic ring is 1. The van der Waals surface area contributed by atoms with Crippen LogP contribution in [0, 0.1) is 0 Å². The number of hydrogen-bond acceptors (Lipinski definition) is 6. The Bertz CT molecular complexity index is 463. The van der Waals surface area contributed by atoms with Crippen LogP contribution >= 0.6 is 0 Å². The molecular weight excluding hydrogens is 254 g/mol. The number of hydrogen-bond donors (Lipinski definition) is 2. The molecule has 1 aliphatic heterocycles. The van der Waals surface area contributed by atoms with Crippen molar-refractivity contribution in [1.29, 1.82) is 0 Å². The van der Waals surface area contributed by atoms with Crippen LogP contribution in [0.5, 0.6) is 0 Å². The average molecular weight is 277 g/mol. The minimum Gasteiger partial charge on any atom is -0.372 e. The van der Waals surface area contributed by atoms with Crippen LogP contribution in [0.25, 0.3) is 0 Å². The van der Waals surface area contributed by atoms with Crippen molar-refractivity contribution in [3.05, 3.63) is 11.8 Å². The fourth-order valence-electron chi connectivity index (χ4n) is 2.68. The van der Waals surface area contributed by atoms with Gasteiger partial charge in [-0.3, -0.25) is 0 Å². The van der Waals surface area contributed by atoms with Gasteiger partial charge in [-0.1, -0.05) is 0 Å². The van der Waals surface area contributed by atoms with Crippen LogP contribution in [0.1, 0.15) is 31.4 Å². The highest BCUT2D eigenvalue weighted by Crippen LogP contribution is 2.24. The highest BCUT2D eigenvalue weighted by Gasteiger charge is 2.23. The van der Waals surface area contributed by atoms with Gasteiger partial charge < -0.3 is 20.7 Å². The van der Waals surface area contributed by atoms with E-state index in [-0.39, 0.29) is 0 Å². The maximum atomic E-state index is 5.83. The Kier molecular flexibility index (Phi) is 4.03.